The molecule has 1 fully saturated rings. The Morgan fingerprint density at radius 1 is 1.17 bits per heavy atom. The van der Waals surface area contributed by atoms with Crippen LogP contribution in [0.5, 0.6) is 0 Å². The smallest absolute Gasteiger partial charge is 0.247 e. The Morgan fingerprint density at radius 2 is 1.96 bits per heavy atom. The molecule has 1 N–H and O–H groups in total. The van der Waals surface area contributed by atoms with Crippen molar-refractivity contribution in [3.05, 3.63) is 71.5 Å². The molecule has 118 valence electrons. The number of carbonyl (C=O) groups excluding carboxylic acids is 2. The number of halogens is 1. The Hall–Kier alpha value is -2.69. The number of nitrogens with zero attached hydrogens (tertiary/aromatic N) is 1. The fourth-order valence-electron chi connectivity index (χ4n) is 2.83. The average Bonchev–Trinajstić information content (AvgIpc) is 2.55. The lowest BCUT2D eigenvalue weighted by Gasteiger charge is -2.35. The average molecular weight is 312 g/mol. The first-order valence-electron chi connectivity index (χ1n) is 7.52. The maximum atomic E-state index is 13.3. The van der Waals surface area contributed by atoms with Gasteiger partial charge in [-0.05, 0) is 23.3 Å². The molecule has 0 spiro atoms. The zero-order valence-electron chi connectivity index (χ0n) is 12.5. The molecule has 2 aromatic carbocycles. The van der Waals surface area contributed by atoms with Crippen LogP contribution < -0.4 is 5.32 Å². The second-order valence-corrected chi connectivity index (χ2v) is 5.50. The predicted octanol–water partition coefficient (Wildman–Crippen LogP) is 2.07. The summed E-state index contributed by atoms with van der Waals surface area (Å²) in [7, 11) is 0. The minimum Gasteiger partial charge on any atom is -0.352 e. The van der Waals surface area contributed by atoms with Gasteiger partial charge in [-0.1, -0.05) is 42.5 Å². The third-order valence-corrected chi connectivity index (χ3v) is 3.89. The summed E-state index contributed by atoms with van der Waals surface area (Å²) in [5.74, 6) is -0.736. The number of carbonyl (C=O) groups is 2. The van der Waals surface area contributed by atoms with Gasteiger partial charge in [-0.2, -0.15) is 0 Å². The highest BCUT2D eigenvalue weighted by Crippen LogP contribution is 2.24. The molecule has 0 bridgehead atoms. The number of hydrogen-bond acceptors (Lipinski definition) is 2. The van der Waals surface area contributed by atoms with Crippen LogP contribution in [0.15, 0.2) is 54.6 Å². The van der Waals surface area contributed by atoms with Crippen LogP contribution in [-0.4, -0.2) is 29.8 Å². The molecule has 1 atom stereocenters. The van der Waals surface area contributed by atoms with Crippen molar-refractivity contribution in [3.63, 3.8) is 0 Å². The van der Waals surface area contributed by atoms with Crippen LogP contribution in [0.2, 0.25) is 0 Å². The van der Waals surface area contributed by atoms with E-state index < -0.39 is 6.04 Å². The molecule has 1 saturated heterocycles. The van der Waals surface area contributed by atoms with E-state index in [1.165, 1.54) is 12.1 Å². The van der Waals surface area contributed by atoms with E-state index in [1.807, 2.05) is 30.3 Å². The van der Waals surface area contributed by atoms with E-state index in [1.54, 1.807) is 17.0 Å². The topological polar surface area (TPSA) is 49.4 Å². The van der Waals surface area contributed by atoms with Crippen molar-refractivity contribution < 1.29 is 14.0 Å². The molecule has 2 amide bonds. The molecule has 5 heteroatoms. The summed E-state index contributed by atoms with van der Waals surface area (Å²) in [5.41, 5.74) is 1.38. The summed E-state index contributed by atoms with van der Waals surface area (Å²) in [6.07, 6.45) is 0.0778. The molecule has 1 unspecified atom stereocenters. The van der Waals surface area contributed by atoms with Gasteiger partial charge in [0.1, 0.15) is 11.9 Å². The molecule has 0 aromatic heterocycles. The van der Waals surface area contributed by atoms with Gasteiger partial charge < -0.3 is 10.2 Å². The lowest BCUT2D eigenvalue weighted by atomic mass is 10.0. The van der Waals surface area contributed by atoms with Gasteiger partial charge in [0.15, 0.2) is 0 Å². The number of piperazine rings is 1. The SMILES string of the molecule is O=C1NCCN(C(=O)Cc2cccc(F)c2)C1c1ccccc1. The maximum Gasteiger partial charge on any atom is 0.247 e. The summed E-state index contributed by atoms with van der Waals surface area (Å²) in [6, 6.07) is 14.6. The summed E-state index contributed by atoms with van der Waals surface area (Å²) in [5, 5.41) is 2.80. The third kappa shape index (κ3) is 3.39. The molecule has 1 aliphatic rings. The van der Waals surface area contributed by atoms with Crippen molar-refractivity contribution in [1.29, 1.82) is 0 Å². The van der Waals surface area contributed by atoms with Crippen LogP contribution in [0.3, 0.4) is 0 Å². The normalized spacial score (nSPS) is 17.7. The summed E-state index contributed by atoms with van der Waals surface area (Å²) in [6.45, 7) is 0.872. The van der Waals surface area contributed by atoms with Gasteiger partial charge in [0.25, 0.3) is 0 Å². The predicted molar refractivity (Wildman–Crippen MR) is 84.0 cm³/mol. The third-order valence-electron chi connectivity index (χ3n) is 3.89. The second kappa shape index (κ2) is 6.60. The summed E-state index contributed by atoms with van der Waals surface area (Å²) >= 11 is 0. The maximum absolute atomic E-state index is 13.3. The zero-order chi connectivity index (χ0) is 16.2. The number of nitrogens with one attached hydrogen (secondary N) is 1. The largest absolute Gasteiger partial charge is 0.352 e. The molecule has 4 nitrogen and oxygen atoms in total. The molecule has 2 aromatic rings. The minimum atomic E-state index is -0.633. The van der Waals surface area contributed by atoms with Crippen LogP contribution in [0.4, 0.5) is 4.39 Å². The molecular weight excluding hydrogens is 295 g/mol. The second-order valence-electron chi connectivity index (χ2n) is 5.50. The first kappa shape index (κ1) is 15.2. The lowest BCUT2D eigenvalue weighted by Crippen LogP contribution is -2.52. The van der Waals surface area contributed by atoms with Crippen LogP contribution in [-0.2, 0) is 16.0 Å². The van der Waals surface area contributed by atoms with Crippen molar-refractivity contribution >= 4 is 11.8 Å². The van der Waals surface area contributed by atoms with Gasteiger partial charge in [-0.3, -0.25) is 9.59 Å². The van der Waals surface area contributed by atoms with Crippen molar-refractivity contribution in [1.82, 2.24) is 10.2 Å². The van der Waals surface area contributed by atoms with Gasteiger partial charge in [-0.15, -0.1) is 0 Å². The van der Waals surface area contributed by atoms with E-state index in [2.05, 4.69) is 5.32 Å². The van der Waals surface area contributed by atoms with E-state index in [-0.39, 0.29) is 24.1 Å². The van der Waals surface area contributed by atoms with Crippen molar-refractivity contribution in [2.45, 2.75) is 12.5 Å². The highest BCUT2D eigenvalue weighted by molar-refractivity contribution is 5.90. The van der Waals surface area contributed by atoms with Crippen molar-refractivity contribution in [3.8, 4) is 0 Å². The number of hydrogen-bond donors (Lipinski definition) is 1. The van der Waals surface area contributed by atoms with E-state index in [0.717, 1.165) is 5.56 Å². The van der Waals surface area contributed by atoms with Gasteiger partial charge in [0.05, 0.1) is 6.42 Å². The Kier molecular flexibility index (Phi) is 4.37. The van der Waals surface area contributed by atoms with E-state index >= 15 is 0 Å². The van der Waals surface area contributed by atoms with Gasteiger partial charge in [0.2, 0.25) is 11.8 Å². The van der Waals surface area contributed by atoms with Crippen LogP contribution in [0.1, 0.15) is 17.2 Å². The molecule has 0 aliphatic carbocycles. The van der Waals surface area contributed by atoms with Crippen molar-refractivity contribution in [2.24, 2.45) is 0 Å². The molecule has 23 heavy (non-hydrogen) atoms. The first-order chi connectivity index (χ1) is 11.1. The van der Waals surface area contributed by atoms with Crippen molar-refractivity contribution in [2.75, 3.05) is 13.1 Å². The zero-order valence-corrected chi connectivity index (χ0v) is 12.5. The first-order valence-corrected chi connectivity index (χ1v) is 7.52. The highest BCUT2D eigenvalue weighted by Gasteiger charge is 2.33. The molecule has 1 heterocycles. The fraction of sp³-hybridized carbons (Fsp3) is 0.222. The monoisotopic (exact) mass is 312 g/mol. The molecule has 3 rings (SSSR count). The quantitative estimate of drug-likeness (QED) is 0.943. The minimum absolute atomic E-state index is 0.0778. The van der Waals surface area contributed by atoms with Gasteiger partial charge >= 0.3 is 0 Å². The van der Waals surface area contributed by atoms with Crippen LogP contribution in [0, 0.1) is 5.82 Å². The van der Waals surface area contributed by atoms with Gasteiger partial charge in [-0.25, -0.2) is 4.39 Å². The highest BCUT2D eigenvalue weighted by atomic mass is 19.1. The number of benzene rings is 2. The van der Waals surface area contributed by atoms with Crippen LogP contribution in [0.25, 0.3) is 0 Å². The summed E-state index contributed by atoms with van der Waals surface area (Å²) < 4.78 is 13.3. The molecule has 1 aliphatic heterocycles. The Morgan fingerprint density at radius 3 is 2.70 bits per heavy atom. The number of amides is 2. The Balaban J connectivity index is 1.83. The van der Waals surface area contributed by atoms with E-state index in [9.17, 15) is 14.0 Å². The Labute approximate surface area is 133 Å². The fourth-order valence-corrected chi connectivity index (χ4v) is 2.83. The van der Waals surface area contributed by atoms with E-state index in [0.29, 0.717) is 18.7 Å². The lowest BCUT2D eigenvalue weighted by molar-refractivity contribution is -0.143. The molecule has 0 saturated carbocycles. The molecular formula is C18H17FN2O2. The Bertz CT molecular complexity index is 718. The summed E-state index contributed by atoms with van der Waals surface area (Å²) in [4.78, 5) is 26.5. The van der Waals surface area contributed by atoms with Crippen LogP contribution >= 0.6 is 0 Å². The number of rotatable bonds is 3. The van der Waals surface area contributed by atoms with E-state index in [4.69, 9.17) is 0 Å². The van der Waals surface area contributed by atoms with Gasteiger partial charge in [0, 0.05) is 13.1 Å². The molecule has 0 radical (unpaired) electrons. The standard InChI is InChI=1S/C18H17FN2O2/c19-15-8-4-5-13(11-15)12-16(22)21-10-9-20-18(23)17(21)14-6-2-1-3-7-14/h1-8,11,17H,9-10,12H2,(H,20,23).